The first-order valence-corrected chi connectivity index (χ1v) is 9.26. The number of rotatable bonds is 6. The molecule has 2 rings (SSSR count). The monoisotopic (exact) mass is 420 g/mol. The maximum Gasteiger partial charge on any atom is 0.416 e. The maximum atomic E-state index is 13.4. The molecule has 152 valence electrons. The number of carbonyl (C=O) groups is 1. The normalized spacial score (nSPS) is 13.1. The lowest BCUT2D eigenvalue weighted by Crippen LogP contribution is -2.41. The Hall–Kier alpha value is -2.66. The van der Waals surface area contributed by atoms with E-state index >= 15 is 0 Å². The lowest BCUT2D eigenvalue weighted by Gasteiger charge is -2.16. The zero-order valence-corrected chi connectivity index (χ0v) is 15.5. The van der Waals surface area contributed by atoms with Gasteiger partial charge in [-0.25, -0.2) is 12.8 Å². The van der Waals surface area contributed by atoms with E-state index < -0.39 is 44.4 Å². The molecule has 1 atom stereocenters. The van der Waals surface area contributed by atoms with Crippen molar-refractivity contribution < 1.29 is 35.5 Å². The highest BCUT2D eigenvalue weighted by atomic mass is 32.2. The number of halogens is 4. The Balaban J connectivity index is 2.17. The van der Waals surface area contributed by atoms with Crippen LogP contribution in [0.3, 0.4) is 0 Å². The van der Waals surface area contributed by atoms with Gasteiger partial charge in [0.05, 0.1) is 18.7 Å². The summed E-state index contributed by atoms with van der Waals surface area (Å²) in [5.74, 6) is -1.88. The molecule has 0 heterocycles. The van der Waals surface area contributed by atoms with Gasteiger partial charge < -0.3 is 10.1 Å². The van der Waals surface area contributed by atoms with E-state index in [4.69, 9.17) is 4.74 Å². The van der Waals surface area contributed by atoms with E-state index in [2.05, 4.69) is 5.32 Å². The first-order valence-electron chi connectivity index (χ1n) is 7.78. The first kappa shape index (κ1) is 21.6. The second-order valence-electron chi connectivity index (χ2n) is 5.71. The molecule has 0 fully saturated rings. The molecule has 0 aromatic heterocycles. The molecule has 2 aromatic rings. The molecule has 0 saturated heterocycles. The van der Waals surface area contributed by atoms with Crippen LogP contribution in [0.15, 0.2) is 47.4 Å². The molecule has 0 aliphatic heterocycles. The van der Waals surface area contributed by atoms with Gasteiger partial charge in [-0.3, -0.25) is 4.79 Å². The molecule has 0 saturated carbocycles. The topological polar surface area (TPSA) is 84.5 Å². The van der Waals surface area contributed by atoms with Crippen LogP contribution in [-0.2, 0) is 21.0 Å². The maximum absolute atomic E-state index is 13.4. The van der Waals surface area contributed by atoms with E-state index in [0.717, 1.165) is 30.3 Å². The Morgan fingerprint density at radius 3 is 2.43 bits per heavy atom. The summed E-state index contributed by atoms with van der Waals surface area (Å²) in [6.45, 7) is 1.19. The lowest BCUT2D eigenvalue weighted by molar-refractivity contribution is -0.137. The van der Waals surface area contributed by atoms with Crippen molar-refractivity contribution in [3.63, 3.8) is 0 Å². The third-order valence-corrected chi connectivity index (χ3v) is 5.16. The summed E-state index contributed by atoms with van der Waals surface area (Å²) < 4.78 is 83.4. The van der Waals surface area contributed by atoms with Gasteiger partial charge in [0.2, 0.25) is 15.9 Å². The number of anilines is 1. The van der Waals surface area contributed by atoms with Crippen molar-refractivity contribution in [2.75, 3.05) is 12.4 Å². The SMILES string of the molecule is COc1ccc(F)cc1S(=O)(=O)NC(C)C(=O)Nc1cccc(C(F)(F)F)c1. The first-order chi connectivity index (χ1) is 12.9. The van der Waals surface area contributed by atoms with E-state index in [1.54, 1.807) is 0 Å². The van der Waals surface area contributed by atoms with Gasteiger partial charge in [-0.05, 0) is 43.3 Å². The quantitative estimate of drug-likeness (QED) is 0.704. The highest BCUT2D eigenvalue weighted by Crippen LogP contribution is 2.30. The molecular weight excluding hydrogens is 404 g/mol. The fraction of sp³-hybridized carbons (Fsp3) is 0.235. The van der Waals surface area contributed by atoms with Crippen LogP contribution in [0.25, 0.3) is 0 Å². The second-order valence-corrected chi connectivity index (χ2v) is 7.39. The third-order valence-electron chi connectivity index (χ3n) is 3.60. The van der Waals surface area contributed by atoms with Gasteiger partial charge in [0.15, 0.2) is 0 Å². The second kappa shape index (κ2) is 8.15. The van der Waals surface area contributed by atoms with E-state index in [1.807, 2.05) is 4.72 Å². The van der Waals surface area contributed by atoms with Gasteiger partial charge in [-0.15, -0.1) is 0 Å². The van der Waals surface area contributed by atoms with E-state index in [9.17, 15) is 30.8 Å². The summed E-state index contributed by atoms with van der Waals surface area (Å²) in [6.07, 6.45) is -4.60. The van der Waals surface area contributed by atoms with Gasteiger partial charge in [-0.2, -0.15) is 17.9 Å². The van der Waals surface area contributed by atoms with Crippen molar-refractivity contribution in [3.05, 3.63) is 53.8 Å². The fourth-order valence-electron chi connectivity index (χ4n) is 2.23. The van der Waals surface area contributed by atoms with Crippen molar-refractivity contribution in [2.45, 2.75) is 24.0 Å². The van der Waals surface area contributed by atoms with Crippen molar-refractivity contribution in [1.29, 1.82) is 0 Å². The van der Waals surface area contributed by atoms with Crippen LogP contribution in [0.2, 0.25) is 0 Å². The highest BCUT2D eigenvalue weighted by molar-refractivity contribution is 7.89. The predicted octanol–water partition coefficient (Wildman–Crippen LogP) is 3.16. The minimum absolute atomic E-state index is 0.139. The van der Waals surface area contributed by atoms with Crippen LogP contribution in [0.4, 0.5) is 23.2 Å². The third kappa shape index (κ3) is 5.20. The number of sulfonamides is 1. The lowest BCUT2D eigenvalue weighted by atomic mass is 10.2. The molecule has 0 radical (unpaired) electrons. The Kier molecular flexibility index (Phi) is 6.30. The number of ether oxygens (including phenoxy) is 1. The summed E-state index contributed by atoms with van der Waals surface area (Å²) in [5, 5.41) is 2.20. The summed E-state index contributed by atoms with van der Waals surface area (Å²) >= 11 is 0. The number of methoxy groups -OCH3 is 1. The van der Waals surface area contributed by atoms with E-state index in [-0.39, 0.29) is 11.4 Å². The van der Waals surface area contributed by atoms with Crippen molar-refractivity contribution in [2.24, 2.45) is 0 Å². The molecule has 0 aliphatic rings. The average Bonchev–Trinajstić information content (AvgIpc) is 2.60. The van der Waals surface area contributed by atoms with Crippen molar-refractivity contribution in [3.8, 4) is 5.75 Å². The Morgan fingerprint density at radius 1 is 1.14 bits per heavy atom. The standard InChI is InChI=1S/C17H16F4N2O4S/c1-10(16(24)22-13-5-3-4-11(8-13)17(19,20)21)23-28(25,26)15-9-12(18)6-7-14(15)27-2/h3-10,23H,1-2H3,(H,22,24). The van der Waals surface area contributed by atoms with Gasteiger partial charge in [0.25, 0.3) is 0 Å². The summed E-state index contributed by atoms with van der Waals surface area (Å²) in [6, 6.07) is 5.34. The van der Waals surface area contributed by atoms with Crippen LogP contribution in [0, 0.1) is 5.82 Å². The molecule has 0 bridgehead atoms. The summed E-state index contributed by atoms with van der Waals surface area (Å²) in [7, 11) is -3.16. The zero-order valence-electron chi connectivity index (χ0n) is 14.7. The molecular formula is C17H16F4N2O4S. The van der Waals surface area contributed by atoms with Gasteiger partial charge in [0, 0.05) is 5.69 Å². The average molecular weight is 420 g/mol. The van der Waals surface area contributed by atoms with Gasteiger partial charge in [-0.1, -0.05) is 6.07 Å². The van der Waals surface area contributed by atoms with E-state index in [0.29, 0.717) is 6.07 Å². The van der Waals surface area contributed by atoms with Crippen LogP contribution >= 0.6 is 0 Å². The van der Waals surface area contributed by atoms with Gasteiger partial charge >= 0.3 is 6.18 Å². The molecule has 1 unspecified atom stereocenters. The van der Waals surface area contributed by atoms with Crippen LogP contribution in [0.5, 0.6) is 5.75 Å². The van der Waals surface area contributed by atoms with Gasteiger partial charge in [0.1, 0.15) is 16.5 Å². The Labute approximate surface area is 158 Å². The number of amides is 1. The smallest absolute Gasteiger partial charge is 0.416 e. The van der Waals surface area contributed by atoms with Crippen LogP contribution in [0.1, 0.15) is 12.5 Å². The fourth-order valence-corrected chi connectivity index (χ4v) is 3.62. The minimum atomic E-state index is -4.60. The minimum Gasteiger partial charge on any atom is -0.495 e. The number of benzene rings is 2. The van der Waals surface area contributed by atoms with Crippen molar-refractivity contribution in [1.82, 2.24) is 4.72 Å². The number of alkyl halides is 3. The molecule has 28 heavy (non-hydrogen) atoms. The Morgan fingerprint density at radius 2 is 1.82 bits per heavy atom. The highest BCUT2D eigenvalue weighted by Gasteiger charge is 2.31. The molecule has 2 N–H and O–H groups in total. The number of hydrogen-bond acceptors (Lipinski definition) is 4. The summed E-state index contributed by atoms with van der Waals surface area (Å²) in [5.41, 5.74) is -1.13. The Bertz CT molecular complexity index is 977. The molecule has 0 aliphatic carbocycles. The van der Waals surface area contributed by atoms with E-state index in [1.165, 1.54) is 20.1 Å². The van der Waals surface area contributed by atoms with Crippen LogP contribution in [-0.4, -0.2) is 27.5 Å². The number of hydrogen-bond donors (Lipinski definition) is 2. The number of carbonyl (C=O) groups excluding carboxylic acids is 1. The molecule has 6 nitrogen and oxygen atoms in total. The molecule has 1 amide bonds. The predicted molar refractivity (Wildman–Crippen MR) is 92.8 cm³/mol. The largest absolute Gasteiger partial charge is 0.495 e. The zero-order chi connectivity index (χ0) is 21.1. The molecule has 0 spiro atoms. The van der Waals surface area contributed by atoms with Crippen LogP contribution < -0.4 is 14.8 Å². The summed E-state index contributed by atoms with van der Waals surface area (Å²) in [4.78, 5) is 11.7. The molecule has 11 heteroatoms. The molecule has 2 aromatic carbocycles. The van der Waals surface area contributed by atoms with Crippen molar-refractivity contribution >= 4 is 21.6 Å². The number of nitrogens with one attached hydrogen (secondary N) is 2.